The van der Waals surface area contributed by atoms with Crippen LogP contribution in [0.25, 0.3) is 0 Å². The van der Waals surface area contributed by atoms with E-state index in [9.17, 15) is 22.4 Å². The standard InChI is InChI=1S/C23H25F4N3O3S/c1-32-12-10-29(21(31)16-2-4-17(5-3-16)23(25,26)27)14-20-15-30(11-13-33-20)22(34)28-19-8-6-18(24)7-9-19/h2-9,20H,10-15H2,1H3,(H,28,34)/t20-/m0/s1. The van der Waals surface area contributed by atoms with Crippen LogP contribution < -0.4 is 5.32 Å². The van der Waals surface area contributed by atoms with E-state index in [0.717, 1.165) is 12.1 Å². The normalized spacial score (nSPS) is 16.3. The topological polar surface area (TPSA) is 54.0 Å². The summed E-state index contributed by atoms with van der Waals surface area (Å²) in [5, 5.41) is 3.50. The Kier molecular flexibility index (Phi) is 8.81. The van der Waals surface area contributed by atoms with Crippen LogP contribution >= 0.6 is 12.2 Å². The van der Waals surface area contributed by atoms with Gasteiger partial charge in [-0.2, -0.15) is 13.2 Å². The largest absolute Gasteiger partial charge is 0.416 e. The first-order valence-electron chi connectivity index (χ1n) is 10.6. The van der Waals surface area contributed by atoms with Crippen molar-refractivity contribution < 1.29 is 31.8 Å². The molecule has 1 N–H and O–H groups in total. The predicted octanol–water partition coefficient (Wildman–Crippen LogP) is 4.03. The lowest BCUT2D eigenvalue weighted by molar-refractivity contribution is -0.137. The van der Waals surface area contributed by atoms with Crippen LogP contribution in [0.2, 0.25) is 0 Å². The molecule has 1 heterocycles. The Morgan fingerprint density at radius 2 is 1.88 bits per heavy atom. The number of thiocarbonyl (C=S) groups is 1. The number of amides is 1. The average Bonchev–Trinajstić information content (AvgIpc) is 2.82. The van der Waals surface area contributed by atoms with E-state index in [1.165, 1.54) is 36.3 Å². The molecular weight excluding hydrogens is 474 g/mol. The highest BCUT2D eigenvalue weighted by Gasteiger charge is 2.31. The molecule has 0 unspecified atom stereocenters. The van der Waals surface area contributed by atoms with E-state index in [2.05, 4.69) is 5.32 Å². The molecule has 0 aromatic heterocycles. The number of carbonyl (C=O) groups excluding carboxylic acids is 1. The molecule has 1 amide bonds. The Balaban J connectivity index is 1.64. The van der Waals surface area contributed by atoms with Crippen molar-refractivity contribution in [1.29, 1.82) is 0 Å². The quantitative estimate of drug-likeness (QED) is 0.459. The SMILES string of the molecule is COCCN(C[C@H]1CN(C(=S)Nc2ccc(F)cc2)CCO1)C(=O)c1ccc(C(F)(F)F)cc1. The highest BCUT2D eigenvalue weighted by molar-refractivity contribution is 7.80. The number of alkyl halides is 3. The van der Waals surface area contributed by atoms with Crippen molar-refractivity contribution in [2.45, 2.75) is 12.3 Å². The fourth-order valence-electron chi connectivity index (χ4n) is 3.46. The monoisotopic (exact) mass is 499 g/mol. The van der Waals surface area contributed by atoms with E-state index in [4.69, 9.17) is 21.7 Å². The van der Waals surface area contributed by atoms with Crippen LogP contribution in [0.1, 0.15) is 15.9 Å². The van der Waals surface area contributed by atoms with Crippen molar-refractivity contribution in [2.24, 2.45) is 0 Å². The van der Waals surface area contributed by atoms with Crippen LogP contribution in [0.15, 0.2) is 48.5 Å². The maximum absolute atomic E-state index is 13.1. The number of anilines is 1. The Bertz CT molecular complexity index is 971. The van der Waals surface area contributed by atoms with E-state index in [0.29, 0.717) is 30.5 Å². The number of nitrogens with zero attached hydrogens (tertiary/aromatic N) is 2. The van der Waals surface area contributed by atoms with Gasteiger partial charge in [0.1, 0.15) is 5.82 Å². The number of hydrogen-bond donors (Lipinski definition) is 1. The first kappa shape index (κ1) is 25.9. The van der Waals surface area contributed by atoms with E-state index >= 15 is 0 Å². The van der Waals surface area contributed by atoms with Crippen LogP contribution in [-0.4, -0.2) is 73.4 Å². The van der Waals surface area contributed by atoms with Gasteiger partial charge in [-0.25, -0.2) is 4.39 Å². The molecule has 0 aliphatic carbocycles. The summed E-state index contributed by atoms with van der Waals surface area (Å²) in [6.07, 6.45) is -4.85. The van der Waals surface area contributed by atoms with Gasteiger partial charge in [-0.1, -0.05) is 0 Å². The molecule has 184 valence electrons. The molecule has 0 saturated carbocycles. The third-order valence-electron chi connectivity index (χ3n) is 5.26. The van der Waals surface area contributed by atoms with Crippen molar-refractivity contribution >= 4 is 28.9 Å². The van der Waals surface area contributed by atoms with Crippen LogP contribution in [0.5, 0.6) is 0 Å². The maximum atomic E-state index is 13.1. The molecule has 6 nitrogen and oxygen atoms in total. The Hall–Kier alpha value is -2.76. The predicted molar refractivity (Wildman–Crippen MR) is 123 cm³/mol. The number of ether oxygens (including phenoxy) is 2. The first-order valence-corrected chi connectivity index (χ1v) is 11.0. The van der Waals surface area contributed by atoms with E-state index < -0.39 is 17.6 Å². The number of halogens is 4. The molecule has 1 saturated heterocycles. The molecule has 3 rings (SSSR count). The number of carbonyl (C=O) groups is 1. The molecule has 1 fully saturated rings. The second-order valence-electron chi connectivity index (χ2n) is 7.69. The van der Waals surface area contributed by atoms with Gasteiger partial charge < -0.3 is 24.6 Å². The van der Waals surface area contributed by atoms with Gasteiger partial charge in [0.25, 0.3) is 5.91 Å². The molecular formula is C23H25F4N3O3S. The van der Waals surface area contributed by atoms with Gasteiger partial charge in [-0.05, 0) is 60.7 Å². The van der Waals surface area contributed by atoms with Crippen molar-refractivity contribution in [2.75, 3.05) is 51.8 Å². The lowest BCUT2D eigenvalue weighted by Gasteiger charge is -2.37. The van der Waals surface area contributed by atoms with Crippen molar-refractivity contribution in [3.05, 3.63) is 65.5 Å². The van der Waals surface area contributed by atoms with Gasteiger partial charge in [0.05, 0.1) is 24.9 Å². The van der Waals surface area contributed by atoms with Crippen molar-refractivity contribution in [3.8, 4) is 0 Å². The van der Waals surface area contributed by atoms with Crippen LogP contribution in [0.4, 0.5) is 23.2 Å². The molecule has 11 heteroatoms. The van der Waals surface area contributed by atoms with Crippen LogP contribution in [-0.2, 0) is 15.7 Å². The zero-order chi connectivity index (χ0) is 24.7. The van der Waals surface area contributed by atoms with Gasteiger partial charge in [-0.3, -0.25) is 4.79 Å². The molecule has 34 heavy (non-hydrogen) atoms. The Labute approximate surface area is 200 Å². The summed E-state index contributed by atoms with van der Waals surface area (Å²) in [5.74, 6) is -0.768. The molecule has 0 bridgehead atoms. The summed E-state index contributed by atoms with van der Waals surface area (Å²) in [6.45, 7) is 2.02. The van der Waals surface area contributed by atoms with E-state index in [1.807, 2.05) is 4.90 Å². The fraction of sp³-hybridized carbons (Fsp3) is 0.391. The number of methoxy groups -OCH3 is 1. The molecule has 2 aromatic carbocycles. The molecule has 1 atom stereocenters. The molecule has 0 radical (unpaired) electrons. The third kappa shape index (κ3) is 7.12. The number of nitrogens with one attached hydrogen (secondary N) is 1. The molecule has 1 aliphatic heterocycles. The van der Waals surface area contributed by atoms with E-state index in [1.54, 1.807) is 12.1 Å². The van der Waals surface area contributed by atoms with Crippen LogP contribution in [0, 0.1) is 5.82 Å². The minimum atomic E-state index is -4.48. The summed E-state index contributed by atoms with van der Waals surface area (Å²) in [4.78, 5) is 16.4. The van der Waals surface area contributed by atoms with Crippen LogP contribution in [0.3, 0.4) is 0 Å². The highest BCUT2D eigenvalue weighted by Crippen LogP contribution is 2.29. The lowest BCUT2D eigenvalue weighted by atomic mass is 10.1. The second-order valence-corrected chi connectivity index (χ2v) is 8.08. The third-order valence-corrected chi connectivity index (χ3v) is 5.62. The van der Waals surface area contributed by atoms with Gasteiger partial charge >= 0.3 is 6.18 Å². The summed E-state index contributed by atoms with van der Waals surface area (Å²) < 4.78 is 62.6. The van der Waals surface area contributed by atoms with Gasteiger partial charge in [0, 0.05) is 44.5 Å². The van der Waals surface area contributed by atoms with E-state index in [-0.39, 0.29) is 37.2 Å². The number of rotatable bonds is 7. The highest BCUT2D eigenvalue weighted by atomic mass is 32.1. The van der Waals surface area contributed by atoms with Crippen molar-refractivity contribution in [3.63, 3.8) is 0 Å². The smallest absolute Gasteiger partial charge is 0.383 e. The minimum absolute atomic E-state index is 0.144. The first-order chi connectivity index (χ1) is 16.2. The van der Waals surface area contributed by atoms with Gasteiger partial charge in [0.2, 0.25) is 0 Å². The molecule has 1 aliphatic rings. The van der Waals surface area contributed by atoms with Crippen molar-refractivity contribution in [1.82, 2.24) is 9.80 Å². The number of benzene rings is 2. The fourth-order valence-corrected chi connectivity index (χ4v) is 3.74. The molecule has 0 spiro atoms. The number of morpholine rings is 1. The summed E-state index contributed by atoms with van der Waals surface area (Å²) in [5.41, 5.74) is -0.0279. The average molecular weight is 500 g/mol. The lowest BCUT2D eigenvalue weighted by Crippen LogP contribution is -2.52. The second kappa shape index (κ2) is 11.6. The number of hydrogen-bond acceptors (Lipinski definition) is 4. The Morgan fingerprint density at radius 3 is 2.50 bits per heavy atom. The molecule has 2 aromatic rings. The zero-order valence-corrected chi connectivity index (χ0v) is 19.3. The summed E-state index contributed by atoms with van der Waals surface area (Å²) in [7, 11) is 1.50. The minimum Gasteiger partial charge on any atom is -0.383 e. The Morgan fingerprint density at radius 1 is 1.21 bits per heavy atom. The van der Waals surface area contributed by atoms with Gasteiger partial charge in [0.15, 0.2) is 5.11 Å². The maximum Gasteiger partial charge on any atom is 0.416 e. The van der Waals surface area contributed by atoms with Gasteiger partial charge in [-0.15, -0.1) is 0 Å². The summed E-state index contributed by atoms with van der Waals surface area (Å²) >= 11 is 5.47. The zero-order valence-electron chi connectivity index (χ0n) is 18.5. The summed E-state index contributed by atoms with van der Waals surface area (Å²) in [6, 6.07) is 9.92.